The van der Waals surface area contributed by atoms with Gasteiger partial charge in [-0.05, 0) is 42.8 Å². The summed E-state index contributed by atoms with van der Waals surface area (Å²) in [7, 11) is 0. The van der Waals surface area contributed by atoms with Gasteiger partial charge in [0.25, 0.3) is 0 Å². The Balaban J connectivity index is 1.66. The summed E-state index contributed by atoms with van der Waals surface area (Å²) in [6.45, 7) is 4.28. The molecule has 0 radical (unpaired) electrons. The summed E-state index contributed by atoms with van der Waals surface area (Å²) in [5.41, 5.74) is 1.60. The third-order valence-electron chi connectivity index (χ3n) is 4.40. The smallest absolute Gasteiger partial charge is 0.131 e. The van der Waals surface area contributed by atoms with Crippen LogP contribution in [0, 0.1) is 5.82 Å². The van der Waals surface area contributed by atoms with E-state index in [9.17, 15) is 4.39 Å². The van der Waals surface area contributed by atoms with E-state index < -0.39 is 0 Å². The Morgan fingerprint density at radius 1 is 0.962 bits per heavy atom. The molecule has 142 valence electrons. The average Bonchev–Trinajstić information content (AvgIpc) is 2.64. The van der Waals surface area contributed by atoms with Crippen molar-refractivity contribution >= 4 is 11.6 Å². The first-order valence-electron chi connectivity index (χ1n) is 9.56. The van der Waals surface area contributed by atoms with Crippen LogP contribution in [-0.2, 0) is 13.2 Å². The highest BCUT2D eigenvalue weighted by atomic mass is 35.5. The zero-order valence-corrected chi connectivity index (χ0v) is 16.3. The second-order valence-corrected chi connectivity index (χ2v) is 6.98. The Labute approximate surface area is 161 Å². The van der Waals surface area contributed by atoms with E-state index in [4.69, 9.17) is 16.3 Å². The first kappa shape index (κ1) is 20.7. The maximum absolute atomic E-state index is 13.7. The van der Waals surface area contributed by atoms with Crippen LogP contribution >= 0.6 is 11.6 Å². The average molecular weight is 378 g/mol. The molecule has 0 heterocycles. The Morgan fingerprint density at radius 2 is 1.69 bits per heavy atom. The highest BCUT2D eigenvalue weighted by Crippen LogP contribution is 2.21. The minimum absolute atomic E-state index is 0.126. The molecule has 0 saturated heterocycles. The van der Waals surface area contributed by atoms with E-state index in [1.807, 2.05) is 24.3 Å². The molecule has 0 aliphatic carbocycles. The second-order valence-electron chi connectivity index (χ2n) is 6.58. The van der Waals surface area contributed by atoms with Crippen LogP contribution in [0.2, 0.25) is 5.02 Å². The van der Waals surface area contributed by atoms with Gasteiger partial charge in [0.15, 0.2) is 0 Å². The van der Waals surface area contributed by atoms with Crippen molar-refractivity contribution in [1.82, 2.24) is 5.32 Å². The minimum atomic E-state index is -0.340. The van der Waals surface area contributed by atoms with Crippen molar-refractivity contribution in [3.63, 3.8) is 0 Å². The van der Waals surface area contributed by atoms with E-state index in [1.165, 1.54) is 50.2 Å². The van der Waals surface area contributed by atoms with Gasteiger partial charge < -0.3 is 10.1 Å². The maximum Gasteiger partial charge on any atom is 0.131 e. The van der Waals surface area contributed by atoms with Crippen LogP contribution < -0.4 is 10.1 Å². The van der Waals surface area contributed by atoms with E-state index in [0.717, 1.165) is 13.1 Å². The van der Waals surface area contributed by atoms with Gasteiger partial charge in [0.05, 0.1) is 5.02 Å². The number of benzene rings is 2. The Morgan fingerprint density at radius 3 is 2.42 bits per heavy atom. The maximum atomic E-state index is 13.7. The molecule has 2 aromatic carbocycles. The molecule has 0 bridgehead atoms. The van der Waals surface area contributed by atoms with E-state index in [2.05, 4.69) is 12.2 Å². The van der Waals surface area contributed by atoms with Crippen molar-refractivity contribution < 1.29 is 9.13 Å². The number of rotatable bonds is 12. The zero-order valence-electron chi connectivity index (χ0n) is 15.6. The van der Waals surface area contributed by atoms with Gasteiger partial charge in [0, 0.05) is 12.1 Å². The second kappa shape index (κ2) is 11.9. The van der Waals surface area contributed by atoms with Gasteiger partial charge in [-0.1, -0.05) is 68.8 Å². The number of unbranched alkanes of at least 4 members (excludes halogenated alkanes) is 5. The first-order chi connectivity index (χ1) is 12.7. The highest BCUT2D eigenvalue weighted by Gasteiger charge is 2.07. The molecule has 0 amide bonds. The lowest BCUT2D eigenvalue weighted by Gasteiger charge is -2.10. The Kier molecular flexibility index (Phi) is 9.51. The molecule has 0 unspecified atom stereocenters. The lowest BCUT2D eigenvalue weighted by atomic mass is 10.1. The molecule has 26 heavy (non-hydrogen) atoms. The van der Waals surface area contributed by atoms with E-state index in [1.54, 1.807) is 12.1 Å². The molecular formula is C22H29ClFNO. The van der Waals surface area contributed by atoms with Crippen LogP contribution in [0.15, 0.2) is 42.5 Å². The monoisotopic (exact) mass is 377 g/mol. The summed E-state index contributed by atoms with van der Waals surface area (Å²) >= 11 is 6.01. The van der Waals surface area contributed by atoms with Gasteiger partial charge in [0.1, 0.15) is 18.2 Å². The number of nitrogens with one attached hydrogen (secondary N) is 1. The molecule has 2 rings (SSSR count). The molecule has 0 saturated carbocycles. The van der Waals surface area contributed by atoms with E-state index in [0.29, 0.717) is 16.3 Å². The van der Waals surface area contributed by atoms with E-state index in [-0.39, 0.29) is 12.4 Å². The van der Waals surface area contributed by atoms with Crippen LogP contribution in [-0.4, -0.2) is 6.54 Å². The number of halogens is 2. The van der Waals surface area contributed by atoms with Crippen LogP contribution in [0.1, 0.15) is 56.6 Å². The summed E-state index contributed by atoms with van der Waals surface area (Å²) in [5.74, 6) is 0.372. The molecule has 2 aromatic rings. The molecule has 0 atom stereocenters. The van der Waals surface area contributed by atoms with Gasteiger partial charge in [-0.3, -0.25) is 0 Å². The summed E-state index contributed by atoms with van der Waals surface area (Å²) in [6.07, 6.45) is 7.88. The molecule has 4 heteroatoms. The van der Waals surface area contributed by atoms with Gasteiger partial charge in [-0.2, -0.15) is 0 Å². The quantitative estimate of drug-likeness (QED) is 0.426. The summed E-state index contributed by atoms with van der Waals surface area (Å²) in [5, 5.41) is 3.87. The normalized spacial score (nSPS) is 10.9. The third-order valence-corrected chi connectivity index (χ3v) is 4.76. The fraction of sp³-hybridized carbons (Fsp3) is 0.455. The molecule has 1 N–H and O–H groups in total. The highest BCUT2D eigenvalue weighted by molar-refractivity contribution is 6.31. The van der Waals surface area contributed by atoms with Crippen molar-refractivity contribution in [2.24, 2.45) is 0 Å². The molecule has 0 fully saturated rings. The summed E-state index contributed by atoms with van der Waals surface area (Å²) < 4.78 is 19.4. The lowest BCUT2D eigenvalue weighted by Crippen LogP contribution is -2.14. The fourth-order valence-corrected chi connectivity index (χ4v) is 3.01. The van der Waals surface area contributed by atoms with E-state index >= 15 is 0 Å². The lowest BCUT2D eigenvalue weighted by molar-refractivity contribution is 0.300. The number of ether oxygens (including phenoxy) is 1. The van der Waals surface area contributed by atoms with Crippen molar-refractivity contribution in [3.8, 4) is 5.75 Å². The fourth-order valence-electron chi connectivity index (χ4n) is 2.79. The van der Waals surface area contributed by atoms with Crippen molar-refractivity contribution in [2.45, 2.75) is 58.6 Å². The molecule has 0 aliphatic rings. The van der Waals surface area contributed by atoms with Crippen LogP contribution in [0.3, 0.4) is 0 Å². The third kappa shape index (κ3) is 7.35. The van der Waals surface area contributed by atoms with Crippen molar-refractivity contribution in [2.75, 3.05) is 6.54 Å². The van der Waals surface area contributed by atoms with Crippen LogP contribution in [0.4, 0.5) is 4.39 Å². The van der Waals surface area contributed by atoms with Crippen molar-refractivity contribution in [1.29, 1.82) is 0 Å². The molecule has 0 aliphatic heterocycles. The van der Waals surface area contributed by atoms with Crippen molar-refractivity contribution in [3.05, 3.63) is 64.4 Å². The van der Waals surface area contributed by atoms with Gasteiger partial charge in [0.2, 0.25) is 0 Å². The minimum Gasteiger partial charge on any atom is -0.489 e. The standard InChI is InChI=1S/C22H29ClFNO/c1-2-3-4-5-6-7-15-25-16-18-11-13-19(14-12-18)26-17-20-21(23)9-8-10-22(20)24/h8-14,25H,2-7,15-17H2,1H3. The number of hydrogen-bond acceptors (Lipinski definition) is 2. The topological polar surface area (TPSA) is 21.3 Å². The summed E-state index contributed by atoms with van der Waals surface area (Å²) in [6, 6.07) is 12.5. The largest absolute Gasteiger partial charge is 0.489 e. The van der Waals surface area contributed by atoms with Gasteiger partial charge >= 0.3 is 0 Å². The van der Waals surface area contributed by atoms with Crippen LogP contribution in [0.25, 0.3) is 0 Å². The molecule has 2 nitrogen and oxygen atoms in total. The van der Waals surface area contributed by atoms with Crippen LogP contribution in [0.5, 0.6) is 5.75 Å². The first-order valence-corrected chi connectivity index (χ1v) is 9.94. The SMILES string of the molecule is CCCCCCCCNCc1ccc(OCc2c(F)cccc2Cl)cc1. The number of hydrogen-bond donors (Lipinski definition) is 1. The summed E-state index contributed by atoms with van der Waals surface area (Å²) in [4.78, 5) is 0. The molecule has 0 aromatic heterocycles. The van der Waals surface area contributed by atoms with Gasteiger partial charge in [-0.15, -0.1) is 0 Å². The molecular weight excluding hydrogens is 349 g/mol. The predicted molar refractivity (Wildman–Crippen MR) is 107 cm³/mol. The Bertz CT molecular complexity index is 625. The zero-order chi connectivity index (χ0) is 18.6. The Hall–Kier alpha value is -1.58. The van der Waals surface area contributed by atoms with Gasteiger partial charge in [-0.25, -0.2) is 4.39 Å². The predicted octanol–water partition coefficient (Wildman–Crippen LogP) is 6.51. The molecule has 0 spiro atoms.